The number of nitrogens with two attached hydrogens (primary N) is 1. The average molecular weight is 379 g/mol. The largest absolute Gasteiger partial charge is 0.504 e. The van der Waals surface area contributed by atoms with E-state index in [1.54, 1.807) is 30.6 Å². The third-order valence-corrected chi connectivity index (χ3v) is 4.61. The number of hydrogen-bond acceptors (Lipinski definition) is 8. The Kier molecular flexibility index (Phi) is 5.43. The fourth-order valence-electron chi connectivity index (χ4n) is 2.55. The van der Waals surface area contributed by atoms with E-state index in [-0.39, 0.29) is 17.1 Å². The monoisotopic (exact) mass is 379 g/mol. The second kappa shape index (κ2) is 7.93. The van der Waals surface area contributed by atoms with Gasteiger partial charge in [-0.15, -0.1) is 0 Å². The molecule has 0 saturated heterocycles. The minimum Gasteiger partial charge on any atom is -0.504 e. The molecule has 27 heavy (non-hydrogen) atoms. The first-order chi connectivity index (χ1) is 13.1. The van der Waals surface area contributed by atoms with Crippen molar-refractivity contribution in [2.45, 2.75) is 12.1 Å². The molecule has 1 aromatic carbocycles. The molecular formula is C19H17N5O2S. The number of nitrogens with zero attached hydrogens (tertiary/aromatic N) is 4. The van der Waals surface area contributed by atoms with Gasteiger partial charge < -0.3 is 15.6 Å². The van der Waals surface area contributed by atoms with Crippen molar-refractivity contribution in [2.75, 3.05) is 18.6 Å². The Bertz CT molecular complexity index is 1020. The lowest BCUT2D eigenvalue weighted by Gasteiger charge is -2.11. The highest BCUT2D eigenvalue weighted by atomic mass is 32.2. The fourth-order valence-corrected chi connectivity index (χ4v) is 3.07. The van der Waals surface area contributed by atoms with Gasteiger partial charge in [0.15, 0.2) is 16.7 Å². The van der Waals surface area contributed by atoms with Gasteiger partial charge >= 0.3 is 0 Å². The Balaban J connectivity index is 2.13. The number of aromatic hydroxyl groups is 1. The second-order valence-electron chi connectivity index (χ2n) is 5.50. The van der Waals surface area contributed by atoms with E-state index < -0.39 is 0 Å². The van der Waals surface area contributed by atoms with Crippen LogP contribution in [0.15, 0.2) is 41.8 Å². The fraction of sp³-hybridized carbons (Fsp3) is 0.158. The molecule has 0 aliphatic carbocycles. The van der Waals surface area contributed by atoms with E-state index in [1.807, 2.05) is 6.92 Å². The number of hydrogen-bond donors (Lipinski definition) is 2. The molecule has 2 heterocycles. The van der Waals surface area contributed by atoms with Gasteiger partial charge in [-0.05, 0) is 30.0 Å². The number of rotatable bonds is 5. The Morgan fingerprint density at radius 2 is 1.96 bits per heavy atom. The van der Waals surface area contributed by atoms with Crippen LogP contribution in [0.2, 0.25) is 0 Å². The summed E-state index contributed by atoms with van der Waals surface area (Å²) in [7, 11) is 1.47. The van der Waals surface area contributed by atoms with E-state index in [2.05, 4.69) is 21.0 Å². The summed E-state index contributed by atoms with van der Waals surface area (Å²) in [5.41, 5.74) is 8.81. The molecule has 0 atom stereocenters. The van der Waals surface area contributed by atoms with Crippen molar-refractivity contribution in [2.24, 2.45) is 0 Å². The third kappa shape index (κ3) is 3.78. The van der Waals surface area contributed by atoms with E-state index in [1.165, 1.54) is 24.9 Å². The van der Waals surface area contributed by atoms with Gasteiger partial charge in [-0.1, -0.05) is 18.7 Å². The summed E-state index contributed by atoms with van der Waals surface area (Å²) >= 11 is 1.54. The van der Waals surface area contributed by atoms with Crippen molar-refractivity contribution in [3.05, 3.63) is 42.2 Å². The summed E-state index contributed by atoms with van der Waals surface area (Å²) in [4.78, 5) is 13.0. The summed E-state index contributed by atoms with van der Waals surface area (Å²) < 4.78 is 5.15. The first-order valence-electron chi connectivity index (χ1n) is 8.10. The van der Waals surface area contributed by atoms with E-state index in [0.717, 1.165) is 5.75 Å². The van der Waals surface area contributed by atoms with Crippen molar-refractivity contribution >= 4 is 17.6 Å². The Morgan fingerprint density at radius 1 is 1.22 bits per heavy atom. The molecule has 0 bridgehead atoms. The number of phenolic OH excluding ortho intramolecular Hbond substituents is 1. The molecule has 3 N–H and O–H groups in total. The molecule has 0 aliphatic rings. The SMILES string of the molecule is CCSc1ncc(-c2cc(-c3ccc(O)c(OC)c3)nc(N)c2C#N)cn1. The van der Waals surface area contributed by atoms with E-state index in [0.29, 0.717) is 33.3 Å². The molecule has 136 valence electrons. The molecule has 0 fully saturated rings. The maximum atomic E-state index is 9.79. The number of benzene rings is 1. The Hall–Kier alpha value is -3.31. The molecule has 0 spiro atoms. The lowest BCUT2D eigenvalue weighted by molar-refractivity contribution is 0.373. The Morgan fingerprint density at radius 3 is 2.59 bits per heavy atom. The number of pyridine rings is 1. The molecule has 2 aromatic heterocycles. The maximum absolute atomic E-state index is 9.79. The average Bonchev–Trinajstić information content (AvgIpc) is 2.68. The first-order valence-corrected chi connectivity index (χ1v) is 9.09. The van der Waals surface area contributed by atoms with Crippen molar-refractivity contribution < 1.29 is 9.84 Å². The van der Waals surface area contributed by atoms with Gasteiger partial charge in [0.1, 0.15) is 17.5 Å². The molecular weight excluding hydrogens is 362 g/mol. The highest BCUT2D eigenvalue weighted by molar-refractivity contribution is 7.99. The number of phenols is 1. The van der Waals surface area contributed by atoms with Crippen molar-refractivity contribution in [3.8, 4) is 40.0 Å². The number of ether oxygens (including phenoxy) is 1. The molecule has 3 aromatic rings. The first kappa shape index (κ1) is 18.5. The summed E-state index contributed by atoms with van der Waals surface area (Å²) in [5, 5.41) is 20.0. The van der Waals surface area contributed by atoms with Crippen LogP contribution in [0, 0.1) is 11.3 Å². The molecule has 8 heteroatoms. The van der Waals surface area contributed by atoms with E-state index in [4.69, 9.17) is 10.5 Å². The highest BCUT2D eigenvalue weighted by Gasteiger charge is 2.15. The summed E-state index contributed by atoms with van der Waals surface area (Å²) in [6.45, 7) is 2.03. The number of nitrogen functional groups attached to an aromatic ring is 1. The minimum absolute atomic E-state index is 0.0282. The summed E-state index contributed by atoms with van der Waals surface area (Å²) in [6, 6.07) is 8.73. The number of anilines is 1. The van der Waals surface area contributed by atoms with Gasteiger partial charge in [0.25, 0.3) is 0 Å². The van der Waals surface area contributed by atoms with Crippen LogP contribution in [-0.4, -0.2) is 32.9 Å². The van der Waals surface area contributed by atoms with Gasteiger partial charge in [0.2, 0.25) is 0 Å². The van der Waals surface area contributed by atoms with Crippen LogP contribution in [0.4, 0.5) is 5.82 Å². The van der Waals surface area contributed by atoms with Crippen molar-refractivity contribution in [3.63, 3.8) is 0 Å². The molecule has 0 radical (unpaired) electrons. The number of thioether (sulfide) groups is 1. The van der Waals surface area contributed by atoms with Crippen LogP contribution in [-0.2, 0) is 0 Å². The Labute approximate surface area is 160 Å². The van der Waals surface area contributed by atoms with Gasteiger partial charge in [0, 0.05) is 29.1 Å². The van der Waals surface area contributed by atoms with E-state index >= 15 is 0 Å². The molecule has 0 saturated carbocycles. The van der Waals surface area contributed by atoms with Gasteiger partial charge in [-0.3, -0.25) is 0 Å². The van der Waals surface area contributed by atoms with Crippen molar-refractivity contribution in [1.82, 2.24) is 15.0 Å². The quantitative estimate of drug-likeness (QED) is 0.511. The minimum atomic E-state index is 0.0282. The van der Waals surface area contributed by atoms with Crippen molar-refractivity contribution in [1.29, 1.82) is 5.26 Å². The molecule has 0 aliphatic heterocycles. The molecule has 0 unspecified atom stereocenters. The van der Waals surface area contributed by atoms with Gasteiger partial charge in [-0.25, -0.2) is 15.0 Å². The summed E-state index contributed by atoms with van der Waals surface area (Å²) in [5.74, 6) is 1.34. The van der Waals surface area contributed by atoms with E-state index in [9.17, 15) is 10.4 Å². The maximum Gasteiger partial charge on any atom is 0.187 e. The van der Waals surface area contributed by atoms with Crippen LogP contribution >= 0.6 is 11.8 Å². The van der Waals surface area contributed by atoms with Crippen LogP contribution in [0.25, 0.3) is 22.4 Å². The third-order valence-electron chi connectivity index (χ3n) is 3.85. The highest BCUT2D eigenvalue weighted by Crippen LogP contribution is 2.34. The zero-order valence-corrected chi connectivity index (χ0v) is 15.6. The molecule has 3 rings (SSSR count). The smallest absolute Gasteiger partial charge is 0.187 e. The van der Waals surface area contributed by atoms with Crippen LogP contribution in [0.1, 0.15) is 12.5 Å². The van der Waals surface area contributed by atoms with Crippen LogP contribution < -0.4 is 10.5 Å². The van der Waals surface area contributed by atoms with Crippen LogP contribution in [0.3, 0.4) is 0 Å². The number of nitriles is 1. The standard InChI is InChI=1S/C19H17N5O2S/c1-3-27-19-22-9-12(10-23-19)13-7-15(24-18(21)14(13)8-20)11-4-5-16(25)17(6-11)26-2/h4-7,9-10,25H,3H2,1-2H3,(H2,21,24). The summed E-state index contributed by atoms with van der Waals surface area (Å²) in [6.07, 6.45) is 3.34. The topological polar surface area (TPSA) is 118 Å². The predicted molar refractivity (Wildman–Crippen MR) is 104 cm³/mol. The zero-order valence-electron chi connectivity index (χ0n) is 14.8. The van der Waals surface area contributed by atoms with Gasteiger partial charge in [-0.2, -0.15) is 5.26 Å². The molecule has 0 amide bonds. The van der Waals surface area contributed by atoms with Crippen LogP contribution in [0.5, 0.6) is 11.5 Å². The number of methoxy groups -OCH3 is 1. The second-order valence-corrected chi connectivity index (χ2v) is 6.73. The van der Waals surface area contributed by atoms with Gasteiger partial charge in [0.05, 0.1) is 12.8 Å². The molecule has 7 nitrogen and oxygen atoms in total. The predicted octanol–water partition coefficient (Wildman–Crippen LogP) is 3.49. The lowest BCUT2D eigenvalue weighted by atomic mass is 10.0. The zero-order chi connectivity index (χ0) is 19.4. The normalized spacial score (nSPS) is 10.4. The lowest BCUT2D eigenvalue weighted by Crippen LogP contribution is -2.00. The number of aromatic nitrogens is 3.